The highest BCUT2D eigenvalue weighted by atomic mass is 79.9. The number of para-hydroxylation sites is 1. The second-order valence-corrected chi connectivity index (χ2v) is 7.53. The number of thioether (sulfide) groups is 1. The molecule has 6 nitrogen and oxygen atoms in total. The van der Waals surface area contributed by atoms with E-state index in [1.54, 1.807) is 23.0 Å². The van der Waals surface area contributed by atoms with Crippen LogP contribution < -0.4 is 0 Å². The predicted molar refractivity (Wildman–Crippen MR) is 105 cm³/mol. The number of hydrogen-bond acceptors (Lipinski definition) is 6. The van der Waals surface area contributed by atoms with E-state index in [0.29, 0.717) is 15.6 Å². The summed E-state index contributed by atoms with van der Waals surface area (Å²) in [5, 5.41) is 12.4. The molecule has 0 spiro atoms. The van der Waals surface area contributed by atoms with Crippen molar-refractivity contribution in [3.63, 3.8) is 0 Å². The van der Waals surface area contributed by atoms with E-state index in [9.17, 15) is 4.79 Å². The maximum atomic E-state index is 13.0. The summed E-state index contributed by atoms with van der Waals surface area (Å²) in [6.45, 7) is 0. The first kappa shape index (κ1) is 18.3. The molecule has 26 heavy (non-hydrogen) atoms. The number of benzene rings is 2. The molecule has 0 saturated heterocycles. The lowest BCUT2D eigenvalue weighted by atomic mass is 10.1. The molecule has 0 aliphatic rings. The van der Waals surface area contributed by atoms with Gasteiger partial charge in [0.2, 0.25) is 10.9 Å². The average molecular weight is 430 g/mol. The quantitative estimate of drug-likeness (QED) is 0.337. The summed E-state index contributed by atoms with van der Waals surface area (Å²) in [5.41, 5.74) is 1.44. The Morgan fingerprint density at radius 3 is 2.46 bits per heavy atom. The number of allylic oxidation sites excluding steroid dienone is 1. The molecule has 0 saturated carbocycles. The molecule has 0 fully saturated rings. The van der Waals surface area contributed by atoms with Gasteiger partial charge in [0.1, 0.15) is 0 Å². The van der Waals surface area contributed by atoms with Crippen LogP contribution in [0.4, 0.5) is 0 Å². The van der Waals surface area contributed by atoms with Gasteiger partial charge in [-0.1, -0.05) is 34.1 Å². The number of nitrogens with zero attached hydrogens (tertiary/aromatic N) is 5. The van der Waals surface area contributed by atoms with Gasteiger partial charge < -0.3 is 4.90 Å². The molecule has 0 bridgehead atoms. The number of carbonyl (C=O) groups is 1. The van der Waals surface area contributed by atoms with Crippen molar-refractivity contribution >= 4 is 33.5 Å². The molecular formula is C18H16BrN5OS. The van der Waals surface area contributed by atoms with E-state index in [0.717, 1.165) is 10.2 Å². The number of rotatable bonds is 6. The van der Waals surface area contributed by atoms with Crippen molar-refractivity contribution in [1.29, 1.82) is 0 Å². The first-order valence-electron chi connectivity index (χ1n) is 7.75. The lowest BCUT2D eigenvalue weighted by molar-refractivity contribution is 0.104. The molecule has 0 aliphatic heterocycles. The van der Waals surface area contributed by atoms with Crippen LogP contribution in [-0.2, 0) is 0 Å². The van der Waals surface area contributed by atoms with Crippen LogP contribution in [0.3, 0.4) is 0 Å². The second kappa shape index (κ2) is 8.29. The maximum absolute atomic E-state index is 13.0. The number of Topliss-reactive ketones (excluding diaryl/α,β-unsaturated/α-hetero) is 1. The Morgan fingerprint density at radius 2 is 1.81 bits per heavy atom. The fraction of sp³-hybridized carbons (Fsp3) is 0.111. The monoisotopic (exact) mass is 429 g/mol. The zero-order valence-corrected chi connectivity index (χ0v) is 16.6. The number of carbonyl (C=O) groups excluding carboxylic acids is 1. The predicted octanol–water partition coefficient (Wildman–Crippen LogP) is 3.80. The summed E-state index contributed by atoms with van der Waals surface area (Å²) in [4.78, 5) is 15.3. The van der Waals surface area contributed by atoms with Crippen molar-refractivity contribution in [2.24, 2.45) is 0 Å². The summed E-state index contributed by atoms with van der Waals surface area (Å²) in [7, 11) is 3.74. The summed E-state index contributed by atoms with van der Waals surface area (Å²) in [5.74, 6) is -0.0844. The van der Waals surface area contributed by atoms with Crippen molar-refractivity contribution in [1.82, 2.24) is 25.1 Å². The largest absolute Gasteiger partial charge is 0.382 e. The van der Waals surface area contributed by atoms with Gasteiger partial charge in [-0.05, 0) is 58.6 Å². The van der Waals surface area contributed by atoms with Gasteiger partial charge in [-0.2, -0.15) is 4.68 Å². The Hall–Kier alpha value is -2.45. The molecular weight excluding hydrogens is 414 g/mol. The number of halogens is 1. The Kier molecular flexibility index (Phi) is 5.85. The van der Waals surface area contributed by atoms with Gasteiger partial charge in [0.25, 0.3) is 0 Å². The highest BCUT2D eigenvalue weighted by molar-refractivity contribution is 9.10. The molecule has 1 aromatic heterocycles. The Morgan fingerprint density at radius 1 is 1.12 bits per heavy atom. The molecule has 8 heteroatoms. The highest BCUT2D eigenvalue weighted by Crippen LogP contribution is 2.29. The molecule has 1 heterocycles. The molecule has 3 rings (SSSR count). The number of ketones is 1. The zero-order chi connectivity index (χ0) is 18.5. The van der Waals surface area contributed by atoms with Crippen LogP contribution >= 0.6 is 27.7 Å². The van der Waals surface area contributed by atoms with E-state index < -0.39 is 0 Å². The molecule has 0 aliphatic carbocycles. The van der Waals surface area contributed by atoms with Gasteiger partial charge in [-0.3, -0.25) is 4.79 Å². The van der Waals surface area contributed by atoms with Crippen LogP contribution in [-0.4, -0.2) is 45.0 Å². The molecule has 132 valence electrons. The van der Waals surface area contributed by atoms with Gasteiger partial charge in [0.15, 0.2) is 0 Å². The van der Waals surface area contributed by atoms with E-state index in [1.165, 1.54) is 11.8 Å². The first-order valence-corrected chi connectivity index (χ1v) is 9.36. The van der Waals surface area contributed by atoms with E-state index in [2.05, 4.69) is 31.5 Å². The normalized spacial score (nSPS) is 11.4. The molecule has 3 aromatic rings. The van der Waals surface area contributed by atoms with Gasteiger partial charge in [-0.25, -0.2) is 0 Å². The Labute approximate surface area is 164 Å². The highest BCUT2D eigenvalue weighted by Gasteiger charge is 2.19. The SMILES string of the molecule is CN(C)/C=C(\Sc1nnnn1-c1ccccc1)C(=O)c1ccc(Br)cc1. The van der Waals surface area contributed by atoms with Crippen molar-refractivity contribution in [3.05, 3.63) is 75.7 Å². The summed E-state index contributed by atoms with van der Waals surface area (Å²) in [6, 6.07) is 16.8. The molecule has 0 amide bonds. The van der Waals surface area contributed by atoms with Crippen molar-refractivity contribution in [3.8, 4) is 5.69 Å². The molecule has 0 unspecified atom stereocenters. The lowest BCUT2D eigenvalue weighted by Gasteiger charge is -2.11. The van der Waals surface area contributed by atoms with E-state index >= 15 is 0 Å². The lowest BCUT2D eigenvalue weighted by Crippen LogP contribution is -2.09. The number of tetrazole rings is 1. The van der Waals surface area contributed by atoms with E-state index in [-0.39, 0.29) is 5.78 Å². The van der Waals surface area contributed by atoms with Crippen LogP contribution in [0.25, 0.3) is 5.69 Å². The standard InChI is InChI=1S/C18H16BrN5OS/c1-23(2)12-16(17(25)13-8-10-14(19)11-9-13)26-18-20-21-22-24(18)15-6-4-3-5-7-15/h3-12H,1-2H3/b16-12-. The smallest absolute Gasteiger partial charge is 0.219 e. The van der Waals surface area contributed by atoms with Gasteiger partial charge in [0, 0.05) is 30.3 Å². The van der Waals surface area contributed by atoms with Gasteiger partial charge >= 0.3 is 0 Å². The number of hydrogen-bond donors (Lipinski definition) is 0. The average Bonchev–Trinajstić information content (AvgIpc) is 3.10. The zero-order valence-electron chi connectivity index (χ0n) is 14.2. The topological polar surface area (TPSA) is 63.9 Å². The molecule has 2 aromatic carbocycles. The fourth-order valence-corrected chi connectivity index (χ4v) is 3.42. The van der Waals surface area contributed by atoms with Gasteiger partial charge in [0.05, 0.1) is 10.6 Å². The molecule has 0 radical (unpaired) electrons. The fourth-order valence-electron chi connectivity index (χ4n) is 2.18. The first-order chi connectivity index (χ1) is 12.5. The third-order valence-corrected chi connectivity index (χ3v) is 4.83. The summed E-state index contributed by atoms with van der Waals surface area (Å²) in [6.07, 6.45) is 1.78. The summed E-state index contributed by atoms with van der Waals surface area (Å²) >= 11 is 4.62. The minimum Gasteiger partial charge on any atom is -0.382 e. The van der Waals surface area contributed by atoms with Crippen molar-refractivity contribution in [2.45, 2.75) is 5.16 Å². The van der Waals surface area contributed by atoms with Gasteiger partial charge in [-0.15, -0.1) is 5.10 Å². The van der Waals surface area contributed by atoms with E-state index in [4.69, 9.17) is 0 Å². The minimum atomic E-state index is -0.0844. The maximum Gasteiger partial charge on any atom is 0.219 e. The molecule has 0 N–H and O–H groups in total. The van der Waals surface area contributed by atoms with Crippen LogP contribution in [0.15, 0.2) is 75.3 Å². The van der Waals surface area contributed by atoms with E-state index in [1.807, 2.05) is 61.5 Å². The van der Waals surface area contributed by atoms with Crippen LogP contribution in [0, 0.1) is 0 Å². The van der Waals surface area contributed by atoms with Crippen molar-refractivity contribution in [2.75, 3.05) is 14.1 Å². The van der Waals surface area contributed by atoms with Crippen molar-refractivity contribution < 1.29 is 4.79 Å². The third kappa shape index (κ3) is 4.39. The molecule has 0 atom stereocenters. The third-order valence-electron chi connectivity index (χ3n) is 3.35. The Balaban J connectivity index is 1.93. The summed E-state index contributed by atoms with van der Waals surface area (Å²) < 4.78 is 2.54. The second-order valence-electron chi connectivity index (χ2n) is 5.60. The number of aromatic nitrogens is 4. The minimum absolute atomic E-state index is 0.0844. The van der Waals surface area contributed by atoms with Crippen LogP contribution in [0.1, 0.15) is 10.4 Å². The van der Waals surface area contributed by atoms with Crippen LogP contribution in [0.2, 0.25) is 0 Å². The Bertz CT molecular complexity index is 922. The van der Waals surface area contributed by atoms with Crippen LogP contribution in [0.5, 0.6) is 0 Å².